The van der Waals surface area contributed by atoms with E-state index in [4.69, 9.17) is 0 Å². The monoisotopic (exact) mass is 275 g/mol. The Labute approximate surface area is 115 Å². The number of rotatable bonds is 4. The Morgan fingerprint density at radius 2 is 2.05 bits per heavy atom. The zero-order valence-corrected chi connectivity index (χ0v) is 11.1. The van der Waals surface area contributed by atoms with Crippen LogP contribution in [-0.4, -0.2) is 9.91 Å². The number of halogens is 1. The summed E-state index contributed by atoms with van der Waals surface area (Å²) in [4.78, 5) is 14.6. The Morgan fingerprint density at radius 1 is 1.35 bits per heavy atom. The van der Waals surface area contributed by atoms with Crippen LogP contribution in [0.4, 0.5) is 15.9 Å². The number of pyridine rings is 1. The summed E-state index contributed by atoms with van der Waals surface area (Å²) in [6.45, 7) is 3.37. The first-order valence-corrected chi connectivity index (χ1v) is 6.11. The Hall–Kier alpha value is -2.50. The van der Waals surface area contributed by atoms with Gasteiger partial charge in [-0.05, 0) is 26.0 Å². The Balaban J connectivity index is 2.33. The van der Waals surface area contributed by atoms with E-state index in [0.29, 0.717) is 11.1 Å². The smallest absolute Gasteiger partial charge is 0.314 e. The summed E-state index contributed by atoms with van der Waals surface area (Å²) in [5.74, 6) is -0.214. The molecule has 20 heavy (non-hydrogen) atoms. The van der Waals surface area contributed by atoms with Gasteiger partial charge < -0.3 is 5.32 Å². The van der Waals surface area contributed by atoms with E-state index in [1.807, 2.05) is 0 Å². The molecule has 1 aromatic carbocycles. The van der Waals surface area contributed by atoms with Crippen molar-refractivity contribution in [1.29, 1.82) is 0 Å². The molecule has 0 radical (unpaired) electrons. The van der Waals surface area contributed by atoms with Gasteiger partial charge in [-0.1, -0.05) is 18.2 Å². The van der Waals surface area contributed by atoms with Gasteiger partial charge in [0.05, 0.1) is 11.0 Å². The molecule has 0 saturated heterocycles. The SMILES string of the molecule is Cc1ccnc(NC(C)c2ccccc2F)c1[N+](=O)[O-]. The normalized spacial score (nSPS) is 11.9. The molecule has 104 valence electrons. The second-order valence-electron chi connectivity index (χ2n) is 4.47. The van der Waals surface area contributed by atoms with E-state index in [9.17, 15) is 14.5 Å². The minimum absolute atomic E-state index is 0.0873. The third-order valence-electron chi connectivity index (χ3n) is 3.03. The van der Waals surface area contributed by atoms with Gasteiger partial charge in [0.1, 0.15) is 5.82 Å². The van der Waals surface area contributed by atoms with E-state index >= 15 is 0 Å². The van der Waals surface area contributed by atoms with Crippen LogP contribution in [0.5, 0.6) is 0 Å². The molecule has 0 saturated carbocycles. The van der Waals surface area contributed by atoms with Crippen LogP contribution in [0.3, 0.4) is 0 Å². The fourth-order valence-corrected chi connectivity index (χ4v) is 2.00. The predicted molar refractivity (Wildman–Crippen MR) is 74.1 cm³/mol. The topological polar surface area (TPSA) is 68.1 Å². The lowest BCUT2D eigenvalue weighted by atomic mass is 10.1. The van der Waals surface area contributed by atoms with Crippen LogP contribution in [-0.2, 0) is 0 Å². The summed E-state index contributed by atoms with van der Waals surface area (Å²) in [6.07, 6.45) is 1.48. The van der Waals surface area contributed by atoms with Crippen LogP contribution < -0.4 is 5.32 Å². The molecule has 6 heteroatoms. The third kappa shape index (κ3) is 2.74. The van der Waals surface area contributed by atoms with Gasteiger partial charge in [-0.15, -0.1) is 0 Å². The van der Waals surface area contributed by atoms with Crippen LogP contribution in [0, 0.1) is 22.9 Å². The molecule has 2 aromatic rings. The van der Waals surface area contributed by atoms with Crippen molar-refractivity contribution in [3.8, 4) is 0 Å². The number of aryl methyl sites for hydroxylation is 1. The lowest BCUT2D eigenvalue weighted by Gasteiger charge is -2.16. The molecular weight excluding hydrogens is 261 g/mol. The summed E-state index contributed by atoms with van der Waals surface area (Å²) in [5.41, 5.74) is 0.856. The van der Waals surface area contributed by atoms with Gasteiger partial charge in [0, 0.05) is 17.3 Å². The second kappa shape index (κ2) is 5.64. The summed E-state index contributed by atoms with van der Waals surface area (Å²) >= 11 is 0. The minimum Gasteiger partial charge on any atom is -0.358 e. The van der Waals surface area contributed by atoms with Crippen LogP contribution in [0.1, 0.15) is 24.1 Å². The molecule has 0 spiro atoms. The highest BCUT2D eigenvalue weighted by Crippen LogP contribution is 2.29. The van der Waals surface area contributed by atoms with Crippen LogP contribution in [0.2, 0.25) is 0 Å². The lowest BCUT2D eigenvalue weighted by molar-refractivity contribution is -0.384. The molecule has 0 aliphatic heterocycles. The average molecular weight is 275 g/mol. The van der Waals surface area contributed by atoms with Crippen molar-refractivity contribution in [3.05, 3.63) is 63.6 Å². The van der Waals surface area contributed by atoms with E-state index in [-0.39, 0.29) is 17.3 Å². The Bertz CT molecular complexity index is 646. The van der Waals surface area contributed by atoms with Gasteiger partial charge in [-0.3, -0.25) is 10.1 Å². The van der Waals surface area contributed by atoms with Gasteiger partial charge in [-0.25, -0.2) is 9.37 Å². The highest BCUT2D eigenvalue weighted by Gasteiger charge is 2.21. The Morgan fingerprint density at radius 3 is 2.70 bits per heavy atom. The molecule has 1 unspecified atom stereocenters. The number of benzene rings is 1. The first-order valence-electron chi connectivity index (χ1n) is 6.11. The number of hydrogen-bond donors (Lipinski definition) is 1. The summed E-state index contributed by atoms with van der Waals surface area (Å²) < 4.78 is 13.7. The van der Waals surface area contributed by atoms with E-state index in [1.165, 1.54) is 12.3 Å². The maximum absolute atomic E-state index is 13.7. The van der Waals surface area contributed by atoms with Crippen molar-refractivity contribution < 1.29 is 9.31 Å². The number of nitro groups is 1. The molecule has 1 N–H and O–H groups in total. The fraction of sp³-hybridized carbons (Fsp3) is 0.214. The van der Waals surface area contributed by atoms with Gasteiger partial charge >= 0.3 is 5.69 Å². The maximum Gasteiger partial charge on any atom is 0.314 e. The highest BCUT2D eigenvalue weighted by atomic mass is 19.1. The summed E-state index contributed by atoms with van der Waals surface area (Å²) in [7, 11) is 0. The molecule has 0 bridgehead atoms. The van der Waals surface area contributed by atoms with Crippen molar-refractivity contribution in [2.24, 2.45) is 0 Å². The molecule has 1 atom stereocenters. The largest absolute Gasteiger partial charge is 0.358 e. The van der Waals surface area contributed by atoms with E-state index in [2.05, 4.69) is 10.3 Å². The number of nitrogens with one attached hydrogen (secondary N) is 1. The number of nitrogens with zero attached hydrogens (tertiary/aromatic N) is 2. The number of aromatic nitrogens is 1. The first kappa shape index (κ1) is 13.9. The van der Waals surface area contributed by atoms with Crippen molar-refractivity contribution in [1.82, 2.24) is 4.98 Å². The molecular formula is C14H14FN3O2. The van der Waals surface area contributed by atoms with Crippen molar-refractivity contribution in [2.75, 3.05) is 5.32 Å². The zero-order chi connectivity index (χ0) is 14.7. The third-order valence-corrected chi connectivity index (χ3v) is 3.03. The summed E-state index contributed by atoms with van der Waals surface area (Å²) in [5, 5.41) is 14.0. The standard InChI is InChI=1S/C14H14FN3O2/c1-9-7-8-16-14(13(9)18(19)20)17-10(2)11-5-3-4-6-12(11)15/h3-8,10H,1-2H3,(H,16,17). The maximum atomic E-state index is 13.7. The minimum atomic E-state index is -0.487. The van der Waals surface area contributed by atoms with Crippen molar-refractivity contribution in [3.63, 3.8) is 0 Å². The van der Waals surface area contributed by atoms with Gasteiger partial charge in [0.15, 0.2) is 0 Å². The molecule has 1 heterocycles. The number of anilines is 1. The van der Waals surface area contributed by atoms with Gasteiger partial charge in [0.2, 0.25) is 5.82 Å². The zero-order valence-electron chi connectivity index (χ0n) is 11.1. The van der Waals surface area contributed by atoms with Gasteiger partial charge in [-0.2, -0.15) is 0 Å². The predicted octanol–water partition coefficient (Wildman–Crippen LogP) is 3.61. The van der Waals surface area contributed by atoms with Gasteiger partial charge in [0.25, 0.3) is 0 Å². The molecule has 0 aliphatic rings. The fourth-order valence-electron chi connectivity index (χ4n) is 2.00. The first-order chi connectivity index (χ1) is 9.50. The molecule has 2 rings (SSSR count). The molecule has 0 amide bonds. The summed E-state index contributed by atoms with van der Waals surface area (Å²) in [6, 6.07) is 7.44. The lowest BCUT2D eigenvalue weighted by Crippen LogP contribution is -2.11. The molecule has 1 aromatic heterocycles. The van der Waals surface area contributed by atoms with Crippen LogP contribution in [0.25, 0.3) is 0 Å². The number of hydrogen-bond acceptors (Lipinski definition) is 4. The van der Waals surface area contributed by atoms with E-state index < -0.39 is 11.0 Å². The van der Waals surface area contributed by atoms with E-state index in [0.717, 1.165) is 0 Å². The Kier molecular flexibility index (Phi) is 3.93. The van der Waals surface area contributed by atoms with Crippen LogP contribution in [0.15, 0.2) is 36.5 Å². The van der Waals surface area contributed by atoms with Crippen molar-refractivity contribution in [2.45, 2.75) is 19.9 Å². The van der Waals surface area contributed by atoms with Crippen LogP contribution >= 0.6 is 0 Å². The van der Waals surface area contributed by atoms with E-state index in [1.54, 1.807) is 38.1 Å². The quantitative estimate of drug-likeness (QED) is 0.683. The average Bonchev–Trinajstić information content (AvgIpc) is 2.38. The highest BCUT2D eigenvalue weighted by molar-refractivity contribution is 5.60. The molecule has 5 nitrogen and oxygen atoms in total. The molecule has 0 fully saturated rings. The second-order valence-corrected chi connectivity index (χ2v) is 4.47. The van der Waals surface area contributed by atoms with Crippen molar-refractivity contribution >= 4 is 11.5 Å². The molecule has 0 aliphatic carbocycles.